The van der Waals surface area contributed by atoms with E-state index in [4.69, 9.17) is 14.2 Å². The molecule has 0 aromatic heterocycles. The van der Waals surface area contributed by atoms with Gasteiger partial charge in [0.15, 0.2) is 17.7 Å². The van der Waals surface area contributed by atoms with E-state index in [0.717, 1.165) is 16.8 Å². The molecule has 0 unspecified atom stereocenters. The van der Waals surface area contributed by atoms with Crippen LogP contribution in [-0.4, -0.2) is 18.1 Å². The van der Waals surface area contributed by atoms with Crippen molar-refractivity contribution in [2.24, 2.45) is 5.92 Å². The number of ether oxygens (including phenoxy) is 3. The molecule has 29 heavy (non-hydrogen) atoms. The van der Waals surface area contributed by atoms with E-state index in [-0.39, 0.29) is 30.6 Å². The molecule has 3 atom stereocenters. The van der Waals surface area contributed by atoms with Crippen LogP contribution in [0.4, 0.5) is 5.69 Å². The molecule has 6 nitrogen and oxygen atoms in total. The number of fused-ring (bicyclic) bond motifs is 2. The first-order valence-electron chi connectivity index (χ1n) is 9.65. The molecule has 0 bridgehead atoms. The molecular weight excluding hydrogens is 368 g/mol. The van der Waals surface area contributed by atoms with Crippen LogP contribution in [0, 0.1) is 5.92 Å². The number of anilines is 1. The van der Waals surface area contributed by atoms with E-state index >= 15 is 0 Å². The molecule has 3 N–H and O–H groups in total. The highest BCUT2D eigenvalue weighted by Gasteiger charge is 2.39. The Hall–Kier alpha value is -3.38. The number of aromatic hydroxyl groups is 1. The van der Waals surface area contributed by atoms with Gasteiger partial charge in [-0.05, 0) is 24.3 Å². The summed E-state index contributed by atoms with van der Waals surface area (Å²) in [5, 5.41) is 10.6. The fourth-order valence-electron chi connectivity index (χ4n) is 4.02. The largest absolute Gasteiger partial charge is 0.508 e. The van der Waals surface area contributed by atoms with Gasteiger partial charge in [-0.3, -0.25) is 0 Å². The van der Waals surface area contributed by atoms with Crippen molar-refractivity contribution >= 4 is 5.69 Å². The van der Waals surface area contributed by atoms with Crippen molar-refractivity contribution in [2.75, 3.05) is 12.2 Å². The van der Waals surface area contributed by atoms with E-state index in [1.165, 1.54) is 0 Å². The molecule has 0 fully saturated rings. The Balaban J connectivity index is 1.53. The summed E-state index contributed by atoms with van der Waals surface area (Å²) in [6.45, 7) is 2.31. The molecule has 148 valence electrons. The summed E-state index contributed by atoms with van der Waals surface area (Å²) in [6, 6.07) is 21.1. The van der Waals surface area contributed by atoms with E-state index in [0.29, 0.717) is 17.2 Å². The molecule has 2 heterocycles. The van der Waals surface area contributed by atoms with E-state index in [2.05, 4.69) is 17.8 Å². The van der Waals surface area contributed by atoms with Crippen LogP contribution in [0.25, 0.3) is 0 Å². The fourth-order valence-corrected chi connectivity index (χ4v) is 4.02. The van der Waals surface area contributed by atoms with Gasteiger partial charge in [-0.2, -0.15) is 5.43 Å². The minimum Gasteiger partial charge on any atom is -0.508 e. The average molecular weight is 390 g/mol. The van der Waals surface area contributed by atoms with Crippen LogP contribution < -0.4 is 25.1 Å². The maximum atomic E-state index is 10.6. The molecule has 6 heteroatoms. The Morgan fingerprint density at radius 3 is 2.38 bits per heavy atom. The van der Waals surface area contributed by atoms with Crippen molar-refractivity contribution in [3.63, 3.8) is 0 Å². The number of phenols is 1. The minimum atomic E-state index is -0.326. The van der Waals surface area contributed by atoms with Gasteiger partial charge in [-0.1, -0.05) is 43.3 Å². The number of benzene rings is 3. The zero-order valence-corrected chi connectivity index (χ0v) is 16.0. The second-order valence-electron chi connectivity index (χ2n) is 7.31. The van der Waals surface area contributed by atoms with Crippen molar-refractivity contribution < 1.29 is 19.3 Å². The topological polar surface area (TPSA) is 72.0 Å². The summed E-state index contributed by atoms with van der Waals surface area (Å²) in [4.78, 5) is 0. The van der Waals surface area contributed by atoms with Crippen LogP contribution in [0.15, 0.2) is 66.7 Å². The predicted octanol–water partition coefficient (Wildman–Crippen LogP) is 4.22. The van der Waals surface area contributed by atoms with Gasteiger partial charge in [0, 0.05) is 34.7 Å². The third kappa shape index (κ3) is 3.21. The molecular formula is C23H22N2O4. The Morgan fingerprint density at radius 1 is 0.862 bits per heavy atom. The van der Waals surface area contributed by atoms with Gasteiger partial charge in [0.25, 0.3) is 0 Å². The summed E-state index contributed by atoms with van der Waals surface area (Å²) in [5.41, 5.74) is 9.28. The molecule has 5 rings (SSSR count). The lowest BCUT2D eigenvalue weighted by molar-refractivity contribution is 0.0858. The number of nitrogens with one attached hydrogen (secondary N) is 2. The first-order chi connectivity index (χ1) is 14.2. The first kappa shape index (κ1) is 17.7. The Morgan fingerprint density at radius 2 is 1.59 bits per heavy atom. The standard InChI is InChI=1S/C23H22N2O4/c1-14-22(16-9-5-6-10-18(16)26)17-11-20-21(28-13-27-20)12-19(17)29-23(14)25-24-15-7-3-2-4-8-15/h2-12,14,22-26H,13H2,1H3/t14-,22+,23-/m0/s1. The van der Waals surface area contributed by atoms with Gasteiger partial charge in [0.05, 0.1) is 0 Å². The van der Waals surface area contributed by atoms with Gasteiger partial charge in [0.1, 0.15) is 11.5 Å². The van der Waals surface area contributed by atoms with Gasteiger partial charge in [0.2, 0.25) is 6.79 Å². The number of hydrogen-bond acceptors (Lipinski definition) is 6. The minimum absolute atomic E-state index is 0.0207. The number of para-hydroxylation sites is 2. The maximum absolute atomic E-state index is 10.6. The first-order valence-corrected chi connectivity index (χ1v) is 9.65. The van der Waals surface area contributed by atoms with Crippen molar-refractivity contribution in [3.05, 3.63) is 77.9 Å². The highest BCUT2D eigenvalue weighted by Crippen LogP contribution is 2.50. The molecule has 0 amide bonds. The van der Waals surface area contributed by atoms with Crippen LogP contribution in [0.3, 0.4) is 0 Å². The summed E-state index contributed by atoms with van der Waals surface area (Å²) < 4.78 is 17.4. The number of phenolic OH excluding ortho intramolecular Hbond substituents is 1. The third-order valence-electron chi connectivity index (χ3n) is 5.50. The Labute approximate surface area is 169 Å². The normalized spacial score (nSPS) is 21.9. The van der Waals surface area contributed by atoms with Crippen LogP contribution in [-0.2, 0) is 0 Å². The lowest BCUT2D eigenvalue weighted by Gasteiger charge is -2.38. The second-order valence-corrected chi connectivity index (χ2v) is 7.31. The number of hydrogen-bond donors (Lipinski definition) is 3. The molecule has 0 saturated carbocycles. The van der Waals surface area contributed by atoms with Crippen molar-refractivity contribution in [1.82, 2.24) is 5.43 Å². The molecule has 0 aliphatic carbocycles. The number of rotatable bonds is 4. The highest BCUT2D eigenvalue weighted by atomic mass is 16.7. The molecule has 3 aromatic carbocycles. The lowest BCUT2D eigenvalue weighted by atomic mass is 9.78. The molecule has 2 aliphatic rings. The molecule has 0 saturated heterocycles. The fraction of sp³-hybridized carbons (Fsp3) is 0.217. The highest BCUT2D eigenvalue weighted by molar-refractivity contribution is 5.57. The Bertz CT molecular complexity index is 1020. The van der Waals surface area contributed by atoms with Gasteiger partial charge in [-0.25, -0.2) is 0 Å². The quantitative estimate of drug-likeness (QED) is 0.579. The number of hydrazine groups is 1. The molecule has 3 aromatic rings. The van der Waals surface area contributed by atoms with Crippen molar-refractivity contribution in [1.29, 1.82) is 0 Å². The van der Waals surface area contributed by atoms with Crippen molar-refractivity contribution in [2.45, 2.75) is 19.1 Å². The average Bonchev–Trinajstić information content (AvgIpc) is 3.20. The molecule has 2 aliphatic heterocycles. The molecule has 0 spiro atoms. The second kappa shape index (κ2) is 7.22. The third-order valence-corrected chi connectivity index (χ3v) is 5.50. The van der Waals surface area contributed by atoms with Crippen LogP contribution in [0.5, 0.6) is 23.0 Å². The van der Waals surface area contributed by atoms with Crippen LogP contribution in [0.2, 0.25) is 0 Å². The van der Waals surface area contributed by atoms with E-state index in [9.17, 15) is 5.11 Å². The van der Waals surface area contributed by atoms with Crippen LogP contribution >= 0.6 is 0 Å². The monoisotopic (exact) mass is 390 g/mol. The molecule has 0 radical (unpaired) electrons. The summed E-state index contributed by atoms with van der Waals surface area (Å²) in [7, 11) is 0. The van der Waals surface area contributed by atoms with Gasteiger partial charge < -0.3 is 24.7 Å². The van der Waals surface area contributed by atoms with E-state index in [1.54, 1.807) is 6.07 Å². The zero-order chi connectivity index (χ0) is 19.8. The maximum Gasteiger partial charge on any atom is 0.231 e. The summed E-state index contributed by atoms with van der Waals surface area (Å²) in [6.07, 6.45) is -0.326. The van der Waals surface area contributed by atoms with E-state index in [1.807, 2.05) is 60.7 Å². The SMILES string of the molecule is C[C@H]1[C@H](c2ccccc2O)c2cc3c(cc2O[C@@H]1NNc1ccccc1)OCO3. The Kier molecular flexibility index (Phi) is 4.41. The van der Waals surface area contributed by atoms with Crippen LogP contribution in [0.1, 0.15) is 24.0 Å². The zero-order valence-electron chi connectivity index (χ0n) is 16.0. The van der Waals surface area contributed by atoms with Crippen molar-refractivity contribution in [3.8, 4) is 23.0 Å². The lowest BCUT2D eigenvalue weighted by Crippen LogP contribution is -2.47. The summed E-state index contributed by atoms with van der Waals surface area (Å²) in [5.74, 6) is 2.30. The van der Waals surface area contributed by atoms with Gasteiger partial charge >= 0.3 is 0 Å². The smallest absolute Gasteiger partial charge is 0.231 e. The van der Waals surface area contributed by atoms with Gasteiger partial charge in [-0.15, -0.1) is 0 Å². The predicted molar refractivity (Wildman–Crippen MR) is 109 cm³/mol. The van der Waals surface area contributed by atoms with E-state index < -0.39 is 0 Å². The summed E-state index contributed by atoms with van der Waals surface area (Å²) >= 11 is 0.